The van der Waals surface area contributed by atoms with Gasteiger partial charge in [0.2, 0.25) is 5.91 Å². The third-order valence-corrected chi connectivity index (χ3v) is 1.53. The second-order valence-electron chi connectivity index (χ2n) is 3.01. The summed E-state index contributed by atoms with van der Waals surface area (Å²) in [6.07, 6.45) is 0.402. The molecular formula is C8H13N3O2. The van der Waals surface area contributed by atoms with E-state index in [9.17, 15) is 4.79 Å². The van der Waals surface area contributed by atoms with Crippen LogP contribution in [0, 0.1) is 0 Å². The molecule has 0 aromatic carbocycles. The van der Waals surface area contributed by atoms with Crippen molar-refractivity contribution in [2.24, 2.45) is 0 Å². The number of hydrogen-bond donors (Lipinski definition) is 1. The molecule has 1 aromatic rings. The summed E-state index contributed by atoms with van der Waals surface area (Å²) in [6.45, 7) is 5.67. The van der Waals surface area contributed by atoms with Gasteiger partial charge >= 0.3 is 6.01 Å². The molecule has 72 valence electrons. The van der Waals surface area contributed by atoms with E-state index in [1.165, 1.54) is 0 Å². The van der Waals surface area contributed by atoms with Crippen molar-refractivity contribution in [1.82, 2.24) is 10.1 Å². The van der Waals surface area contributed by atoms with Crippen LogP contribution in [-0.4, -0.2) is 16.0 Å². The molecule has 1 N–H and O–H groups in total. The fourth-order valence-electron chi connectivity index (χ4n) is 0.728. The number of carbonyl (C=O) groups is 1. The van der Waals surface area contributed by atoms with Crippen LogP contribution in [0.4, 0.5) is 6.01 Å². The molecule has 0 bridgehead atoms. The summed E-state index contributed by atoms with van der Waals surface area (Å²) in [6, 6.07) is 0.176. The van der Waals surface area contributed by atoms with E-state index in [-0.39, 0.29) is 17.8 Å². The van der Waals surface area contributed by atoms with Gasteiger partial charge in [-0.2, -0.15) is 4.98 Å². The lowest BCUT2D eigenvalue weighted by Crippen LogP contribution is -2.09. The van der Waals surface area contributed by atoms with Crippen molar-refractivity contribution in [3.05, 3.63) is 5.82 Å². The van der Waals surface area contributed by atoms with Crippen LogP contribution in [0.15, 0.2) is 4.52 Å². The molecule has 13 heavy (non-hydrogen) atoms. The number of nitrogens with one attached hydrogen (secondary N) is 1. The Morgan fingerprint density at radius 2 is 2.31 bits per heavy atom. The lowest BCUT2D eigenvalue weighted by molar-refractivity contribution is -0.116. The summed E-state index contributed by atoms with van der Waals surface area (Å²) in [7, 11) is 0. The number of hydrogen-bond acceptors (Lipinski definition) is 4. The fourth-order valence-corrected chi connectivity index (χ4v) is 0.728. The first-order chi connectivity index (χ1) is 6.13. The number of rotatable bonds is 3. The molecule has 5 heteroatoms. The molecule has 0 spiro atoms. The van der Waals surface area contributed by atoms with Crippen LogP contribution in [0.3, 0.4) is 0 Å². The molecule has 0 atom stereocenters. The van der Waals surface area contributed by atoms with Crippen LogP contribution < -0.4 is 5.32 Å². The first-order valence-electron chi connectivity index (χ1n) is 4.27. The van der Waals surface area contributed by atoms with Gasteiger partial charge in [0.05, 0.1) is 0 Å². The Bertz CT molecular complexity index is 293. The van der Waals surface area contributed by atoms with Gasteiger partial charge in [0, 0.05) is 12.3 Å². The van der Waals surface area contributed by atoms with Crippen molar-refractivity contribution in [3.63, 3.8) is 0 Å². The highest BCUT2D eigenvalue weighted by Gasteiger charge is 2.10. The first-order valence-corrected chi connectivity index (χ1v) is 4.27. The van der Waals surface area contributed by atoms with Gasteiger partial charge in [-0.25, -0.2) is 0 Å². The second kappa shape index (κ2) is 4.02. The van der Waals surface area contributed by atoms with Crippen molar-refractivity contribution < 1.29 is 9.32 Å². The van der Waals surface area contributed by atoms with Gasteiger partial charge in [0.15, 0.2) is 5.82 Å². The minimum absolute atomic E-state index is 0.126. The number of nitrogens with zero attached hydrogens (tertiary/aromatic N) is 2. The lowest BCUT2D eigenvalue weighted by Gasteiger charge is -1.94. The van der Waals surface area contributed by atoms with Gasteiger partial charge in [-0.15, -0.1) is 0 Å². The Morgan fingerprint density at radius 3 is 2.77 bits per heavy atom. The van der Waals surface area contributed by atoms with E-state index in [1.807, 2.05) is 13.8 Å². The Morgan fingerprint density at radius 1 is 1.62 bits per heavy atom. The zero-order valence-electron chi connectivity index (χ0n) is 8.00. The highest BCUT2D eigenvalue weighted by atomic mass is 16.5. The third-order valence-electron chi connectivity index (χ3n) is 1.53. The van der Waals surface area contributed by atoms with Crippen LogP contribution in [0.25, 0.3) is 0 Å². The Balaban J connectivity index is 2.64. The van der Waals surface area contributed by atoms with Gasteiger partial charge in [-0.1, -0.05) is 25.9 Å². The fraction of sp³-hybridized carbons (Fsp3) is 0.625. The van der Waals surface area contributed by atoms with Crippen molar-refractivity contribution in [2.75, 3.05) is 5.32 Å². The van der Waals surface area contributed by atoms with E-state index in [4.69, 9.17) is 4.52 Å². The maximum Gasteiger partial charge on any atom is 0.328 e. The Hall–Kier alpha value is -1.39. The predicted molar refractivity (Wildman–Crippen MR) is 47.3 cm³/mol. The number of amides is 1. The topological polar surface area (TPSA) is 68.0 Å². The van der Waals surface area contributed by atoms with Gasteiger partial charge < -0.3 is 4.52 Å². The van der Waals surface area contributed by atoms with E-state index < -0.39 is 0 Å². The number of aromatic nitrogens is 2. The molecule has 0 fully saturated rings. The molecule has 0 aliphatic rings. The maximum absolute atomic E-state index is 10.9. The molecule has 0 aliphatic heterocycles. The van der Waals surface area contributed by atoms with Crippen molar-refractivity contribution >= 4 is 11.9 Å². The monoisotopic (exact) mass is 183 g/mol. The summed E-state index contributed by atoms with van der Waals surface area (Å²) in [5, 5.41) is 6.19. The van der Waals surface area contributed by atoms with Gasteiger partial charge in [0.1, 0.15) is 0 Å². The average Bonchev–Trinajstić information content (AvgIpc) is 2.52. The molecular weight excluding hydrogens is 170 g/mol. The molecule has 1 heterocycles. The standard InChI is InChI=1S/C8H13N3O2/c1-4-6(12)9-8-10-7(5(2)3)11-13-8/h5H,4H2,1-3H3,(H,9,10,11,12). The quantitative estimate of drug-likeness (QED) is 0.771. The van der Waals surface area contributed by atoms with Crippen molar-refractivity contribution in [3.8, 4) is 0 Å². The van der Waals surface area contributed by atoms with Crippen molar-refractivity contribution in [1.29, 1.82) is 0 Å². The van der Waals surface area contributed by atoms with E-state index in [0.717, 1.165) is 0 Å². The van der Waals surface area contributed by atoms with E-state index in [1.54, 1.807) is 6.92 Å². The third kappa shape index (κ3) is 2.54. The predicted octanol–water partition coefficient (Wildman–Crippen LogP) is 1.54. The van der Waals surface area contributed by atoms with E-state index >= 15 is 0 Å². The van der Waals surface area contributed by atoms with Crippen LogP contribution in [-0.2, 0) is 4.79 Å². The summed E-state index contributed by atoms with van der Waals surface area (Å²) in [5.74, 6) is 0.682. The lowest BCUT2D eigenvalue weighted by atomic mass is 10.2. The van der Waals surface area contributed by atoms with Crippen LogP contribution in [0.2, 0.25) is 0 Å². The van der Waals surface area contributed by atoms with Gasteiger partial charge in [-0.3, -0.25) is 10.1 Å². The summed E-state index contributed by atoms with van der Waals surface area (Å²) < 4.78 is 4.81. The normalized spacial score (nSPS) is 10.5. The van der Waals surface area contributed by atoms with Crippen LogP contribution in [0.5, 0.6) is 0 Å². The zero-order valence-corrected chi connectivity index (χ0v) is 8.00. The van der Waals surface area contributed by atoms with Gasteiger partial charge in [-0.05, 0) is 0 Å². The summed E-state index contributed by atoms with van der Waals surface area (Å²) >= 11 is 0. The molecule has 5 nitrogen and oxygen atoms in total. The molecule has 0 unspecified atom stereocenters. The molecule has 0 radical (unpaired) electrons. The molecule has 0 saturated heterocycles. The average molecular weight is 183 g/mol. The highest BCUT2D eigenvalue weighted by molar-refractivity contribution is 5.88. The molecule has 1 rings (SSSR count). The second-order valence-corrected chi connectivity index (χ2v) is 3.01. The van der Waals surface area contributed by atoms with Crippen molar-refractivity contribution in [2.45, 2.75) is 33.1 Å². The maximum atomic E-state index is 10.9. The molecule has 0 aliphatic carbocycles. The van der Waals surface area contributed by atoms with Crippen LogP contribution in [0.1, 0.15) is 38.9 Å². The molecule has 0 saturated carbocycles. The number of anilines is 1. The Labute approximate surface area is 76.5 Å². The highest BCUT2D eigenvalue weighted by Crippen LogP contribution is 2.12. The Kier molecular flexibility index (Phi) is 3.00. The number of carbonyl (C=O) groups excluding carboxylic acids is 1. The zero-order chi connectivity index (χ0) is 9.84. The molecule has 1 aromatic heterocycles. The van der Waals surface area contributed by atoms with E-state index in [0.29, 0.717) is 12.2 Å². The smallest absolute Gasteiger partial charge is 0.315 e. The summed E-state index contributed by atoms with van der Waals surface area (Å²) in [4.78, 5) is 14.9. The minimum atomic E-state index is -0.126. The largest absolute Gasteiger partial charge is 0.328 e. The van der Waals surface area contributed by atoms with Gasteiger partial charge in [0.25, 0.3) is 0 Å². The molecule has 1 amide bonds. The van der Waals surface area contributed by atoms with E-state index in [2.05, 4.69) is 15.5 Å². The first kappa shape index (κ1) is 9.70. The van der Waals surface area contributed by atoms with Crippen LogP contribution >= 0.6 is 0 Å². The SMILES string of the molecule is CCC(=O)Nc1nc(C(C)C)no1. The summed E-state index contributed by atoms with van der Waals surface area (Å²) in [5.41, 5.74) is 0. The minimum Gasteiger partial charge on any atom is -0.315 e.